The van der Waals surface area contributed by atoms with E-state index >= 15 is 0 Å². The molecule has 0 aliphatic heterocycles. The lowest BCUT2D eigenvalue weighted by Crippen LogP contribution is -2.49. The van der Waals surface area contributed by atoms with Crippen LogP contribution in [0.5, 0.6) is 0 Å². The van der Waals surface area contributed by atoms with Gasteiger partial charge >= 0.3 is 0 Å². The Hall–Kier alpha value is -2.07. The van der Waals surface area contributed by atoms with Gasteiger partial charge < -0.3 is 0 Å². The first-order chi connectivity index (χ1) is 10.3. The molecule has 2 atom stereocenters. The quantitative estimate of drug-likeness (QED) is 0.742. The van der Waals surface area contributed by atoms with E-state index < -0.39 is 0 Å². The van der Waals surface area contributed by atoms with Crippen LogP contribution in [0.25, 0.3) is 11.1 Å². The second-order valence-corrected chi connectivity index (χ2v) is 6.62. The lowest BCUT2D eigenvalue weighted by Gasteiger charge is -2.59. The Balaban J connectivity index is 1.63. The van der Waals surface area contributed by atoms with Crippen molar-refractivity contribution in [2.24, 2.45) is 11.3 Å². The summed E-state index contributed by atoms with van der Waals surface area (Å²) in [6, 6.07) is 21.9. The lowest BCUT2D eigenvalue weighted by atomic mass is 9.44. The summed E-state index contributed by atoms with van der Waals surface area (Å²) in [5, 5.41) is 9.35. The number of nitriles is 1. The number of rotatable bonds is 2. The molecular weight excluding hydrogens is 254 g/mol. The molecule has 1 nitrogen and oxygen atoms in total. The minimum absolute atomic E-state index is 0.230. The van der Waals surface area contributed by atoms with E-state index in [0.29, 0.717) is 11.3 Å². The molecule has 0 radical (unpaired) electrons. The van der Waals surface area contributed by atoms with Gasteiger partial charge in [0.2, 0.25) is 0 Å². The van der Waals surface area contributed by atoms with E-state index in [0.717, 1.165) is 6.42 Å². The van der Waals surface area contributed by atoms with Gasteiger partial charge in [-0.05, 0) is 41.4 Å². The molecule has 104 valence electrons. The Morgan fingerprint density at radius 3 is 2.14 bits per heavy atom. The Morgan fingerprint density at radius 1 is 0.905 bits per heavy atom. The third-order valence-electron chi connectivity index (χ3n) is 5.58. The van der Waals surface area contributed by atoms with Crippen LogP contribution in [-0.4, -0.2) is 0 Å². The van der Waals surface area contributed by atoms with E-state index in [-0.39, 0.29) is 5.92 Å². The van der Waals surface area contributed by atoms with Gasteiger partial charge in [0.05, 0.1) is 12.0 Å². The number of benzene rings is 2. The van der Waals surface area contributed by atoms with Crippen LogP contribution in [0.4, 0.5) is 0 Å². The van der Waals surface area contributed by atoms with E-state index in [4.69, 9.17) is 0 Å². The molecule has 0 heterocycles. The predicted molar refractivity (Wildman–Crippen MR) is 84.6 cm³/mol. The van der Waals surface area contributed by atoms with E-state index in [1.54, 1.807) is 0 Å². The van der Waals surface area contributed by atoms with Crippen molar-refractivity contribution < 1.29 is 0 Å². The molecule has 21 heavy (non-hydrogen) atoms. The molecule has 2 saturated carbocycles. The fraction of sp³-hybridized carbons (Fsp3) is 0.350. The fourth-order valence-corrected chi connectivity index (χ4v) is 4.31. The lowest BCUT2D eigenvalue weighted by molar-refractivity contribution is -0.0353. The Kier molecular flexibility index (Phi) is 2.86. The highest BCUT2D eigenvalue weighted by Crippen LogP contribution is 2.66. The van der Waals surface area contributed by atoms with Crippen LogP contribution >= 0.6 is 0 Å². The number of nitrogens with zero attached hydrogens (tertiary/aromatic N) is 1. The second-order valence-electron chi connectivity index (χ2n) is 6.62. The Bertz CT molecular complexity index is 674. The largest absolute Gasteiger partial charge is 0.198 e. The minimum atomic E-state index is 0.230. The zero-order chi connectivity index (χ0) is 14.3. The van der Waals surface area contributed by atoms with Crippen molar-refractivity contribution in [1.82, 2.24) is 0 Å². The molecule has 2 aliphatic carbocycles. The number of hydrogen-bond donors (Lipinski definition) is 0. The molecular formula is C20H19N. The third kappa shape index (κ3) is 1.90. The fourth-order valence-electron chi connectivity index (χ4n) is 4.31. The van der Waals surface area contributed by atoms with Gasteiger partial charge in [0.1, 0.15) is 0 Å². The molecule has 0 amide bonds. The van der Waals surface area contributed by atoms with Crippen LogP contribution in [0.3, 0.4) is 0 Å². The average molecular weight is 273 g/mol. The molecule has 0 saturated heterocycles. The molecule has 0 aromatic heterocycles. The SMILES string of the molecule is N#CC1CC2(CCC2)C1c1ccc(-c2ccccc2)cc1. The van der Waals surface area contributed by atoms with Crippen molar-refractivity contribution in [2.75, 3.05) is 0 Å². The maximum atomic E-state index is 9.35. The number of hydrogen-bond acceptors (Lipinski definition) is 1. The summed E-state index contributed by atoms with van der Waals surface area (Å²) in [5.41, 5.74) is 4.35. The molecule has 0 bridgehead atoms. The molecule has 2 fully saturated rings. The van der Waals surface area contributed by atoms with Gasteiger partial charge in [-0.1, -0.05) is 61.0 Å². The van der Waals surface area contributed by atoms with E-state index in [2.05, 4.69) is 54.6 Å². The van der Waals surface area contributed by atoms with Crippen molar-refractivity contribution in [3.63, 3.8) is 0 Å². The maximum absolute atomic E-state index is 9.35. The van der Waals surface area contributed by atoms with Gasteiger partial charge in [-0.2, -0.15) is 5.26 Å². The van der Waals surface area contributed by atoms with E-state index in [1.165, 1.54) is 36.0 Å². The third-order valence-corrected chi connectivity index (χ3v) is 5.58. The smallest absolute Gasteiger partial charge is 0.0662 e. The summed E-state index contributed by atoms with van der Waals surface area (Å²) in [7, 11) is 0. The van der Waals surface area contributed by atoms with Gasteiger partial charge in [0, 0.05) is 5.92 Å². The normalized spacial score (nSPS) is 25.7. The predicted octanol–water partition coefficient (Wildman–Crippen LogP) is 5.15. The summed E-state index contributed by atoms with van der Waals surface area (Å²) >= 11 is 0. The van der Waals surface area contributed by atoms with Crippen LogP contribution in [0.1, 0.15) is 37.2 Å². The summed E-state index contributed by atoms with van der Waals surface area (Å²) < 4.78 is 0. The molecule has 4 rings (SSSR count). The minimum Gasteiger partial charge on any atom is -0.198 e. The first-order valence-corrected chi connectivity index (χ1v) is 7.87. The molecule has 2 unspecified atom stereocenters. The van der Waals surface area contributed by atoms with Gasteiger partial charge in [-0.25, -0.2) is 0 Å². The molecule has 2 aromatic carbocycles. The zero-order valence-electron chi connectivity index (χ0n) is 12.1. The molecule has 0 N–H and O–H groups in total. The Labute approximate surface area is 126 Å². The summed E-state index contributed by atoms with van der Waals surface area (Å²) in [6.45, 7) is 0. The molecule has 2 aromatic rings. The van der Waals surface area contributed by atoms with Crippen LogP contribution in [-0.2, 0) is 0 Å². The summed E-state index contributed by atoms with van der Waals surface area (Å²) in [5.74, 6) is 0.703. The van der Waals surface area contributed by atoms with Gasteiger partial charge in [-0.15, -0.1) is 0 Å². The van der Waals surface area contributed by atoms with Crippen LogP contribution in [0, 0.1) is 22.7 Å². The Morgan fingerprint density at radius 2 is 1.57 bits per heavy atom. The maximum Gasteiger partial charge on any atom is 0.0662 e. The monoisotopic (exact) mass is 273 g/mol. The van der Waals surface area contributed by atoms with Gasteiger partial charge in [-0.3, -0.25) is 0 Å². The highest BCUT2D eigenvalue weighted by Gasteiger charge is 2.57. The van der Waals surface area contributed by atoms with Crippen molar-refractivity contribution in [3.8, 4) is 17.2 Å². The van der Waals surface area contributed by atoms with E-state index in [1.807, 2.05) is 6.07 Å². The van der Waals surface area contributed by atoms with Crippen molar-refractivity contribution in [1.29, 1.82) is 5.26 Å². The summed E-state index contributed by atoms with van der Waals surface area (Å²) in [6.07, 6.45) is 5.10. The molecule has 2 aliphatic rings. The highest BCUT2D eigenvalue weighted by molar-refractivity contribution is 5.63. The zero-order valence-corrected chi connectivity index (χ0v) is 12.1. The molecule has 1 heteroatoms. The van der Waals surface area contributed by atoms with Crippen LogP contribution in [0.15, 0.2) is 54.6 Å². The van der Waals surface area contributed by atoms with E-state index in [9.17, 15) is 5.26 Å². The van der Waals surface area contributed by atoms with Gasteiger partial charge in [0.25, 0.3) is 0 Å². The second kappa shape index (κ2) is 4.74. The first-order valence-electron chi connectivity index (χ1n) is 7.87. The standard InChI is InChI=1S/C20H19N/c21-14-18-13-20(11-4-12-20)19(18)17-9-7-16(8-10-17)15-5-2-1-3-6-15/h1-3,5-10,18-19H,4,11-13H2. The van der Waals surface area contributed by atoms with Crippen LogP contribution in [0.2, 0.25) is 0 Å². The average Bonchev–Trinajstić information content (AvgIpc) is 2.47. The van der Waals surface area contributed by atoms with Crippen molar-refractivity contribution in [3.05, 3.63) is 60.2 Å². The van der Waals surface area contributed by atoms with Crippen LogP contribution < -0.4 is 0 Å². The first kappa shape index (κ1) is 12.7. The van der Waals surface area contributed by atoms with Crippen molar-refractivity contribution >= 4 is 0 Å². The summed E-state index contributed by atoms with van der Waals surface area (Å²) in [4.78, 5) is 0. The topological polar surface area (TPSA) is 23.8 Å². The highest BCUT2D eigenvalue weighted by atomic mass is 14.6. The van der Waals surface area contributed by atoms with Gasteiger partial charge in [0.15, 0.2) is 0 Å². The molecule has 1 spiro atoms. The van der Waals surface area contributed by atoms with Crippen molar-refractivity contribution in [2.45, 2.75) is 31.6 Å².